The second-order valence-electron chi connectivity index (χ2n) is 8.37. The minimum absolute atomic E-state index is 0.701. The van der Waals surface area contributed by atoms with Crippen LogP contribution in [0.3, 0.4) is 0 Å². The van der Waals surface area contributed by atoms with E-state index in [1.54, 1.807) is 0 Å². The molecule has 2 N–H and O–H groups in total. The third kappa shape index (κ3) is 4.61. The van der Waals surface area contributed by atoms with Crippen LogP contribution in [0.1, 0.15) is 35.5 Å². The van der Waals surface area contributed by atoms with Crippen LogP contribution in [0.15, 0.2) is 36.4 Å². The van der Waals surface area contributed by atoms with Gasteiger partial charge in [0.15, 0.2) is 11.6 Å². The molecule has 7 heteroatoms. The van der Waals surface area contributed by atoms with Crippen LogP contribution in [-0.4, -0.2) is 58.3 Å². The molecule has 0 spiro atoms. The predicted molar refractivity (Wildman–Crippen MR) is 126 cm³/mol. The molecule has 2 aliphatic rings. The highest BCUT2D eigenvalue weighted by Crippen LogP contribution is 2.28. The molecule has 3 heterocycles. The van der Waals surface area contributed by atoms with Gasteiger partial charge in [-0.1, -0.05) is 36.4 Å². The number of likely N-dealkylation sites (N-methyl/N-ethyl adjacent to an activating group) is 1. The van der Waals surface area contributed by atoms with Crippen molar-refractivity contribution in [1.29, 1.82) is 0 Å². The van der Waals surface area contributed by atoms with Gasteiger partial charge in [0, 0.05) is 43.5 Å². The van der Waals surface area contributed by atoms with E-state index in [9.17, 15) is 0 Å². The van der Waals surface area contributed by atoms with Gasteiger partial charge in [-0.05, 0) is 44.4 Å². The number of rotatable bonds is 5. The van der Waals surface area contributed by atoms with Crippen LogP contribution < -0.4 is 10.2 Å². The van der Waals surface area contributed by atoms with Crippen LogP contribution >= 0.6 is 0 Å². The van der Waals surface area contributed by atoms with Gasteiger partial charge in [0.25, 0.3) is 0 Å². The fraction of sp³-hybridized carbons (Fsp3) is 0.375. The molecule has 1 fully saturated rings. The molecule has 0 radical (unpaired) electrons. The summed E-state index contributed by atoms with van der Waals surface area (Å²) in [6.45, 7) is 4.00. The van der Waals surface area contributed by atoms with Crippen LogP contribution in [0.2, 0.25) is 0 Å². The molecule has 31 heavy (non-hydrogen) atoms. The van der Waals surface area contributed by atoms with E-state index in [1.165, 1.54) is 24.1 Å². The average Bonchev–Trinajstić information content (AvgIpc) is 3.21. The third-order valence-corrected chi connectivity index (χ3v) is 6.08. The van der Waals surface area contributed by atoms with Crippen LogP contribution in [0.5, 0.6) is 0 Å². The molecule has 7 nitrogen and oxygen atoms in total. The number of nitrogens with one attached hydrogen (secondary N) is 2. The SMILES string of the molecule is CN1CCN(c2cc(Nc3n[nH]c4c3CCCC4)nc(/C=C/c3ccccc3)n2)CC1. The molecule has 0 bridgehead atoms. The van der Waals surface area contributed by atoms with E-state index in [0.717, 1.165) is 62.0 Å². The first-order chi connectivity index (χ1) is 15.2. The molecular formula is C24H29N7. The Morgan fingerprint density at radius 1 is 0.968 bits per heavy atom. The number of anilines is 3. The van der Waals surface area contributed by atoms with Crippen LogP contribution in [0.4, 0.5) is 17.5 Å². The second kappa shape index (κ2) is 8.89. The highest BCUT2D eigenvalue weighted by molar-refractivity contribution is 5.69. The molecule has 0 atom stereocenters. The molecule has 2 aromatic heterocycles. The van der Waals surface area contributed by atoms with Crippen LogP contribution in [-0.2, 0) is 12.8 Å². The zero-order valence-electron chi connectivity index (χ0n) is 18.0. The Balaban J connectivity index is 1.45. The van der Waals surface area contributed by atoms with E-state index in [2.05, 4.69) is 56.6 Å². The summed E-state index contributed by atoms with van der Waals surface area (Å²) in [5, 5.41) is 11.2. The van der Waals surface area contributed by atoms with Crippen molar-refractivity contribution in [3.05, 3.63) is 59.0 Å². The lowest BCUT2D eigenvalue weighted by molar-refractivity contribution is 0.312. The standard InChI is InChI=1S/C24H29N7/c1-30-13-15-31(16-14-30)23-17-22(27-24-19-9-5-6-10-20(19)28-29-24)25-21(26-23)12-11-18-7-3-2-4-8-18/h2-4,7-8,11-12,17H,5-6,9-10,13-16H2,1H3,(H2,25,26,27,28,29)/b12-11+. The molecule has 3 aromatic rings. The smallest absolute Gasteiger partial charge is 0.156 e. The fourth-order valence-electron chi connectivity index (χ4n) is 4.23. The molecular weight excluding hydrogens is 386 g/mol. The van der Waals surface area contributed by atoms with Gasteiger partial charge < -0.3 is 15.1 Å². The molecule has 1 saturated heterocycles. The third-order valence-electron chi connectivity index (χ3n) is 6.08. The number of H-pyrrole nitrogens is 1. The molecule has 5 rings (SSSR count). The maximum absolute atomic E-state index is 4.86. The van der Waals surface area contributed by atoms with Crippen LogP contribution in [0.25, 0.3) is 12.2 Å². The summed E-state index contributed by atoms with van der Waals surface area (Å²) < 4.78 is 0. The minimum Gasteiger partial charge on any atom is -0.354 e. The largest absolute Gasteiger partial charge is 0.354 e. The first kappa shape index (κ1) is 19.8. The lowest BCUT2D eigenvalue weighted by Crippen LogP contribution is -2.44. The summed E-state index contributed by atoms with van der Waals surface area (Å²) >= 11 is 0. The molecule has 160 valence electrons. The minimum atomic E-state index is 0.701. The Morgan fingerprint density at radius 3 is 2.61 bits per heavy atom. The van der Waals surface area contributed by atoms with Gasteiger partial charge >= 0.3 is 0 Å². The highest BCUT2D eigenvalue weighted by Gasteiger charge is 2.20. The van der Waals surface area contributed by atoms with Crippen molar-refractivity contribution in [2.45, 2.75) is 25.7 Å². The van der Waals surface area contributed by atoms with E-state index in [4.69, 9.17) is 9.97 Å². The summed E-state index contributed by atoms with van der Waals surface area (Å²) in [5.41, 5.74) is 3.69. The zero-order chi connectivity index (χ0) is 21.0. The van der Waals surface area contributed by atoms with E-state index < -0.39 is 0 Å². The van der Waals surface area contributed by atoms with Crippen molar-refractivity contribution >= 4 is 29.6 Å². The number of hydrogen-bond donors (Lipinski definition) is 2. The molecule has 1 aromatic carbocycles. The predicted octanol–water partition coefficient (Wildman–Crippen LogP) is 3.74. The van der Waals surface area contributed by atoms with Crippen molar-refractivity contribution in [3.63, 3.8) is 0 Å². The van der Waals surface area contributed by atoms with Gasteiger partial charge in [-0.3, -0.25) is 5.10 Å². The fourth-order valence-corrected chi connectivity index (χ4v) is 4.23. The average molecular weight is 416 g/mol. The summed E-state index contributed by atoms with van der Waals surface area (Å²) in [6.07, 6.45) is 8.62. The Bertz CT molecular complexity index is 1050. The van der Waals surface area contributed by atoms with E-state index in [1.807, 2.05) is 24.3 Å². The van der Waals surface area contributed by atoms with Crippen molar-refractivity contribution < 1.29 is 0 Å². The Hall–Kier alpha value is -3.19. The van der Waals surface area contributed by atoms with Gasteiger partial charge in [-0.15, -0.1) is 0 Å². The number of aromatic nitrogens is 4. The normalized spacial score (nSPS) is 17.1. The molecule has 1 aliphatic carbocycles. The summed E-state index contributed by atoms with van der Waals surface area (Å²) in [6, 6.07) is 12.3. The Morgan fingerprint density at radius 2 is 1.77 bits per heavy atom. The van der Waals surface area contributed by atoms with Gasteiger partial charge in [0.2, 0.25) is 0 Å². The number of benzene rings is 1. The summed E-state index contributed by atoms with van der Waals surface area (Å²) in [5.74, 6) is 3.35. The summed E-state index contributed by atoms with van der Waals surface area (Å²) in [7, 11) is 2.17. The van der Waals surface area contributed by atoms with Crippen LogP contribution in [0, 0.1) is 0 Å². The number of aromatic amines is 1. The van der Waals surface area contributed by atoms with Crippen molar-refractivity contribution in [2.24, 2.45) is 0 Å². The molecule has 0 amide bonds. The van der Waals surface area contributed by atoms with E-state index in [-0.39, 0.29) is 0 Å². The number of fused-ring (bicyclic) bond motifs is 1. The lowest BCUT2D eigenvalue weighted by atomic mass is 9.97. The van der Waals surface area contributed by atoms with Gasteiger partial charge in [0.05, 0.1) is 0 Å². The maximum Gasteiger partial charge on any atom is 0.156 e. The number of aryl methyl sites for hydroxylation is 1. The molecule has 0 unspecified atom stereocenters. The molecule has 0 saturated carbocycles. The van der Waals surface area contributed by atoms with Gasteiger partial charge in [0.1, 0.15) is 11.6 Å². The Labute approximate surface area is 183 Å². The zero-order valence-corrected chi connectivity index (χ0v) is 18.0. The number of nitrogens with zero attached hydrogens (tertiary/aromatic N) is 5. The van der Waals surface area contributed by atoms with Gasteiger partial charge in [-0.25, -0.2) is 9.97 Å². The first-order valence-electron chi connectivity index (χ1n) is 11.1. The summed E-state index contributed by atoms with van der Waals surface area (Å²) in [4.78, 5) is 14.3. The Kier molecular flexibility index (Phi) is 5.67. The highest BCUT2D eigenvalue weighted by atomic mass is 15.3. The van der Waals surface area contributed by atoms with Crippen molar-refractivity contribution in [3.8, 4) is 0 Å². The number of piperazine rings is 1. The quantitative estimate of drug-likeness (QED) is 0.661. The monoisotopic (exact) mass is 415 g/mol. The lowest BCUT2D eigenvalue weighted by Gasteiger charge is -2.33. The van der Waals surface area contributed by atoms with Gasteiger partial charge in [-0.2, -0.15) is 5.10 Å². The first-order valence-corrected chi connectivity index (χ1v) is 11.1. The second-order valence-corrected chi connectivity index (χ2v) is 8.37. The van der Waals surface area contributed by atoms with E-state index >= 15 is 0 Å². The number of hydrogen-bond acceptors (Lipinski definition) is 6. The van der Waals surface area contributed by atoms with Crippen molar-refractivity contribution in [1.82, 2.24) is 25.1 Å². The van der Waals surface area contributed by atoms with Crippen molar-refractivity contribution in [2.75, 3.05) is 43.4 Å². The molecule has 1 aliphatic heterocycles. The maximum atomic E-state index is 4.86. The topological polar surface area (TPSA) is 73.0 Å². The van der Waals surface area contributed by atoms with E-state index in [0.29, 0.717) is 5.82 Å².